The van der Waals surface area contributed by atoms with E-state index < -0.39 is 0 Å². The minimum Gasteiger partial charge on any atom is -0.453 e. The summed E-state index contributed by atoms with van der Waals surface area (Å²) in [6.07, 6.45) is 8.09. The van der Waals surface area contributed by atoms with Crippen LogP contribution in [-0.2, 0) is 11.3 Å². The molecule has 2 fully saturated rings. The highest BCUT2D eigenvalue weighted by atomic mass is 16.5. The Kier molecular flexibility index (Phi) is 6.04. The lowest BCUT2D eigenvalue weighted by Crippen LogP contribution is -2.53. The van der Waals surface area contributed by atoms with Gasteiger partial charge in [-0.1, -0.05) is 6.07 Å². The van der Waals surface area contributed by atoms with Gasteiger partial charge in [0.25, 0.3) is 0 Å². The molecule has 2 aliphatic rings. The molecule has 0 bridgehead atoms. The normalized spacial score (nSPS) is 23.2. The van der Waals surface area contributed by atoms with Gasteiger partial charge in [-0.05, 0) is 50.4 Å². The van der Waals surface area contributed by atoms with Crippen LogP contribution >= 0.6 is 0 Å². The Morgan fingerprint density at radius 1 is 1.29 bits per heavy atom. The van der Waals surface area contributed by atoms with Gasteiger partial charge < -0.3 is 15.0 Å². The number of piperidine rings is 2. The van der Waals surface area contributed by atoms with E-state index in [9.17, 15) is 4.79 Å². The predicted octanol–water partition coefficient (Wildman–Crippen LogP) is 1.87. The molecule has 0 radical (unpaired) electrons. The van der Waals surface area contributed by atoms with Crippen molar-refractivity contribution in [3.05, 3.63) is 30.1 Å². The number of hydrogen-bond acceptors (Lipinski definition) is 5. The average Bonchev–Trinajstić information content (AvgIpc) is 2.64. The fourth-order valence-corrected chi connectivity index (χ4v) is 3.75. The van der Waals surface area contributed by atoms with Gasteiger partial charge in [0.2, 0.25) is 0 Å². The zero-order valence-corrected chi connectivity index (χ0v) is 14.5. The molecule has 24 heavy (non-hydrogen) atoms. The van der Waals surface area contributed by atoms with Crippen molar-refractivity contribution < 1.29 is 9.53 Å². The van der Waals surface area contributed by atoms with Crippen LogP contribution in [0.4, 0.5) is 4.79 Å². The molecular weight excluding hydrogens is 304 g/mol. The van der Waals surface area contributed by atoms with E-state index in [1.807, 2.05) is 23.4 Å². The molecule has 0 saturated carbocycles. The molecule has 3 rings (SSSR count). The van der Waals surface area contributed by atoms with Gasteiger partial charge in [-0.15, -0.1) is 0 Å². The first-order valence-corrected chi connectivity index (χ1v) is 8.95. The molecule has 3 heterocycles. The number of nitrogens with one attached hydrogen (secondary N) is 1. The third-order valence-corrected chi connectivity index (χ3v) is 5.04. The van der Waals surface area contributed by atoms with Gasteiger partial charge in [0.05, 0.1) is 7.11 Å². The average molecular weight is 332 g/mol. The molecule has 6 heteroatoms. The number of likely N-dealkylation sites (tertiary alicyclic amines) is 2. The first kappa shape index (κ1) is 17.2. The summed E-state index contributed by atoms with van der Waals surface area (Å²) in [5.41, 5.74) is 1.28. The van der Waals surface area contributed by atoms with Gasteiger partial charge in [0.1, 0.15) is 0 Å². The largest absolute Gasteiger partial charge is 0.453 e. The monoisotopic (exact) mass is 332 g/mol. The van der Waals surface area contributed by atoms with E-state index in [0.29, 0.717) is 12.1 Å². The second-order valence-electron chi connectivity index (χ2n) is 6.83. The first-order valence-electron chi connectivity index (χ1n) is 8.95. The smallest absolute Gasteiger partial charge is 0.409 e. The van der Waals surface area contributed by atoms with Gasteiger partial charge in [-0.25, -0.2) is 4.79 Å². The van der Waals surface area contributed by atoms with Crippen molar-refractivity contribution in [2.24, 2.45) is 0 Å². The molecule has 1 amide bonds. The maximum atomic E-state index is 11.7. The molecule has 1 aromatic rings. The number of ether oxygens (including phenoxy) is 1. The quantitative estimate of drug-likeness (QED) is 0.912. The lowest BCUT2D eigenvalue weighted by molar-refractivity contribution is 0.102. The van der Waals surface area contributed by atoms with E-state index in [0.717, 1.165) is 58.4 Å². The summed E-state index contributed by atoms with van der Waals surface area (Å²) in [5, 5.41) is 3.76. The number of hydrogen-bond donors (Lipinski definition) is 1. The third kappa shape index (κ3) is 4.68. The Morgan fingerprint density at radius 2 is 2.12 bits per heavy atom. The summed E-state index contributed by atoms with van der Waals surface area (Å²) in [6.45, 7) is 4.79. The van der Waals surface area contributed by atoms with Gasteiger partial charge in [0.15, 0.2) is 0 Å². The highest BCUT2D eigenvalue weighted by Crippen LogP contribution is 2.17. The molecule has 0 aromatic carbocycles. The van der Waals surface area contributed by atoms with Crippen molar-refractivity contribution >= 4 is 6.09 Å². The van der Waals surface area contributed by atoms with Gasteiger partial charge in [0, 0.05) is 44.1 Å². The zero-order valence-electron chi connectivity index (χ0n) is 14.5. The SMILES string of the molecule is COC(=O)N1CCC[C@H](NC2CCN(Cc3cccnc3)CC2)C1. The number of methoxy groups -OCH3 is 1. The molecule has 2 aliphatic heterocycles. The van der Waals surface area contributed by atoms with Crippen molar-refractivity contribution in [1.29, 1.82) is 0 Å². The van der Waals surface area contributed by atoms with Gasteiger partial charge >= 0.3 is 6.09 Å². The fraction of sp³-hybridized carbons (Fsp3) is 0.667. The zero-order chi connectivity index (χ0) is 16.8. The van der Waals surface area contributed by atoms with E-state index in [-0.39, 0.29) is 6.09 Å². The second kappa shape index (κ2) is 8.44. The summed E-state index contributed by atoms with van der Waals surface area (Å²) in [5.74, 6) is 0. The standard InChI is InChI=1S/C18H28N4O2/c1-24-18(23)22-9-3-5-17(14-22)20-16-6-10-21(11-7-16)13-15-4-2-8-19-12-15/h2,4,8,12,16-17,20H,3,5-7,9-11,13-14H2,1H3/t17-/m0/s1. The number of carbonyl (C=O) groups is 1. The molecule has 0 unspecified atom stereocenters. The van der Waals surface area contributed by atoms with Crippen molar-refractivity contribution in [3.63, 3.8) is 0 Å². The third-order valence-electron chi connectivity index (χ3n) is 5.04. The highest BCUT2D eigenvalue weighted by molar-refractivity contribution is 5.67. The summed E-state index contributed by atoms with van der Waals surface area (Å²) in [7, 11) is 1.46. The van der Waals surface area contributed by atoms with Crippen LogP contribution < -0.4 is 5.32 Å². The van der Waals surface area contributed by atoms with Crippen molar-refractivity contribution in [1.82, 2.24) is 20.1 Å². The molecule has 1 atom stereocenters. The Morgan fingerprint density at radius 3 is 2.83 bits per heavy atom. The van der Waals surface area contributed by atoms with Crippen LogP contribution in [0.3, 0.4) is 0 Å². The minimum atomic E-state index is -0.201. The summed E-state index contributed by atoms with van der Waals surface area (Å²) >= 11 is 0. The fourth-order valence-electron chi connectivity index (χ4n) is 3.75. The summed E-state index contributed by atoms with van der Waals surface area (Å²) in [4.78, 5) is 20.2. The lowest BCUT2D eigenvalue weighted by atomic mass is 10.00. The molecule has 1 aromatic heterocycles. The topological polar surface area (TPSA) is 57.7 Å². The second-order valence-corrected chi connectivity index (χ2v) is 6.83. The number of aromatic nitrogens is 1. The molecular formula is C18H28N4O2. The number of carbonyl (C=O) groups excluding carboxylic acids is 1. The Balaban J connectivity index is 1.41. The summed E-state index contributed by atoms with van der Waals surface area (Å²) in [6, 6.07) is 5.09. The van der Waals surface area contributed by atoms with Crippen LogP contribution in [0.2, 0.25) is 0 Å². The van der Waals surface area contributed by atoms with E-state index in [1.54, 1.807) is 0 Å². The van der Waals surface area contributed by atoms with Crippen LogP contribution in [0.25, 0.3) is 0 Å². The number of rotatable bonds is 4. The van der Waals surface area contributed by atoms with Crippen LogP contribution in [0.1, 0.15) is 31.2 Å². The van der Waals surface area contributed by atoms with Crippen LogP contribution in [0, 0.1) is 0 Å². The predicted molar refractivity (Wildman–Crippen MR) is 92.7 cm³/mol. The van der Waals surface area contributed by atoms with E-state index in [1.165, 1.54) is 12.7 Å². The molecule has 132 valence electrons. The van der Waals surface area contributed by atoms with E-state index in [2.05, 4.69) is 21.3 Å². The maximum Gasteiger partial charge on any atom is 0.409 e. The van der Waals surface area contributed by atoms with E-state index in [4.69, 9.17) is 4.74 Å². The molecule has 0 spiro atoms. The first-order chi connectivity index (χ1) is 11.7. The lowest BCUT2D eigenvalue weighted by Gasteiger charge is -2.38. The van der Waals surface area contributed by atoms with Crippen LogP contribution in [0.15, 0.2) is 24.5 Å². The minimum absolute atomic E-state index is 0.201. The van der Waals surface area contributed by atoms with Crippen LogP contribution in [0.5, 0.6) is 0 Å². The Bertz CT molecular complexity index is 517. The van der Waals surface area contributed by atoms with Crippen molar-refractivity contribution in [3.8, 4) is 0 Å². The number of pyridine rings is 1. The van der Waals surface area contributed by atoms with Crippen molar-refractivity contribution in [2.75, 3.05) is 33.3 Å². The molecule has 2 saturated heterocycles. The molecule has 0 aliphatic carbocycles. The Labute approximate surface area is 144 Å². The summed E-state index contributed by atoms with van der Waals surface area (Å²) < 4.78 is 4.85. The van der Waals surface area contributed by atoms with Gasteiger partial charge in [-0.2, -0.15) is 0 Å². The van der Waals surface area contributed by atoms with Crippen LogP contribution in [-0.4, -0.2) is 66.2 Å². The number of nitrogens with zero attached hydrogens (tertiary/aromatic N) is 3. The van der Waals surface area contributed by atoms with Gasteiger partial charge in [-0.3, -0.25) is 9.88 Å². The molecule has 6 nitrogen and oxygen atoms in total. The Hall–Kier alpha value is -1.66. The molecule has 1 N–H and O–H groups in total. The number of amides is 1. The van der Waals surface area contributed by atoms with E-state index >= 15 is 0 Å². The van der Waals surface area contributed by atoms with Crippen molar-refractivity contribution in [2.45, 2.75) is 44.3 Å². The highest BCUT2D eigenvalue weighted by Gasteiger charge is 2.27. The maximum absolute atomic E-state index is 11.7.